The van der Waals surface area contributed by atoms with Crippen molar-refractivity contribution in [3.05, 3.63) is 35.6 Å². The van der Waals surface area contributed by atoms with E-state index in [1.807, 2.05) is 12.1 Å². The molecule has 0 spiro atoms. The van der Waals surface area contributed by atoms with E-state index in [-0.39, 0.29) is 5.82 Å². The van der Waals surface area contributed by atoms with E-state index in [0.717, 1.165) is 19.5 Å². The van der Waals surface area contributed by atoms with Gasteiger partial charge in [0.2, 0.25) is 0 Å². The fourth-order valence-electron chi connectivity index (χ4n) is 2.77. The molecule has 1 aliphatic heterocycles. The van der Waals surface area contributed by atoms with E-state index >= 15 is 0 Å². The van der Waals surface area contributed by atoms with Gasteiger partial charge in [0.05, 0.1) is 0 Å². The molecule has 3 heteroatoms. The Morgan fingerprint density at radius 3 is 2.76 bits per heavy atom. The molecule has 0 radical (unpaired) electrons. The molecule has 2 N–H and O–H groups in total. The molecule has 0 amide bonds. The summed E-state index contributed by atoms with van der Waals surface area (Å²) in [7, 11) is 0. The summed E-state index contributed by atoms with van der Waals surface area (Å²) in [6, 6.07) is 7.83. The number of nitrogens with zero attached hydrogens (tertiary/aromatic N) is 1. The van der Waals surface area contributed by atoms with Gasteiger partial charge in [-0.1, -0.05) is 12.1 Å². The zero-order valence-electron chi connectivity index (χ0n) is 10.4. The highest BCUT2D eigenvalue weighted by Gasteiger charge is 2.27. The summed E-state index contributed by atoms with van der Waals surface area (Å²) >= 11 is 0. The molecule has 0 aliphatic carbocycles. The van der Waals surface area contributed by atoms with Crippen molar-refractivity contribution in [3.8, 4) is 0 Å². The molecule has 2 rings (SSSR count). The van der Waals surface area contributed by atoms with Gasteiger partial charge in [-0.3, -0.25) is 4.90 Å². The average Bonchev–Trinajstić information content (AvgIpc) is 2.80. The van der Waals surface area contributed by atoms with Crippen LogP contribution in [0, 0.1) is 5.82 Å². The summed E-state index contributed by atoms with van der Waals surface area (Å²) in [5, 5.41) is 0. The minimum atomic E-state index is -0.164. The minimum absolute atomic E-state index is 0.164. The highest BCUT2D eigenvalue weighted by molar-refractivity contribution is 5.17. The lowest BCUT2D eigenvalue weighted by atomic mass is 10.1. The normalized spacial score (nSPS) is 22.9. The van der Waals surface area contributed by atoms with Gasteiger partial charge in [0, 0.05) is 18.6 Å². The lowest BCUT2D eigenvalue weighted by Crippen LogP contribution is -2.42. The van der Waals surface area contributed by atoms with E-state index < -0.39 is 0 Å². The van der Waals surface area contributed by atoms with Gasteiger partial charge in [-0.2, -0.15) is 0 Å². The molecule has 0 unspecified atom stereocenters. The lowest BCUT2D eigenvalue weighted by Gasteiger charge is -2.30. The fraction of sp³-hybridized carbons (Fsp3) is 0.571. The maximum Gasteiger partial charge on any atom is 0.123 e. The number of rotatable bonds is 4. The fourth-order valence-corrected chi connectivity index (χ4v) is 2.77. The maximum atomic E-state index is 12.8. The Balaban J connectivity index is 1.96. The Morgan fingerprint density at radius 1 is 1.41 bits per heavy atom. The highest BCUT2D eigenvalue weighted by Crippen LogP contribution is 2.21. The maximum absolute atomic E-state index is 12.8. The van der Waals surface area contributed by atoms with Gasteiger partial charge in [-0.05, 0) is 50.4 Å². The second kappa shape index (κ2) is 5.61. The summed E-state index contributed by atoms with van der Waals surface area (Å²) in [4.78, 5) is 2.49. The molecule has 0 saturated carbocycles. The van der Waals surface area contributed by atoms with Crippen molar-refractivity contribution in [1.29, 1.82) is 0 Å². The van der Waals surface area contributed by atoms with E-state index in [1.165, 1.54) is 30.5 Å². The van der Waals surface area contributed by atoms with Gasteiger partial charge in [-0.15, -0.1) is 0 Å². The number of benzene rings is 1. The van der Waals surface area contributed by atoms with E-state index in [0.29, 0.717) is 12.1 Å². The van der Waals surface area contributed by atoms with Gasteiger partial charge < -0.3 is 5.73 Å². The van der Waals surface area contributed by atoms with Crippen LogP contribution in [0.4, 0.5) is 4.39 Å². The van der Waals surface area contributed by atoms with Gasteiger partial charge in [0.25, 0.3) is 0 Å². The Morgan fingerprint density at radius 2 is 2.12 bits per heavy atom. The van der Waals surface area contributed by atoms with Crippen molar-refractivity contribution in [1.82, 2.24) is 4.90 Å². The van der Waals surface area contributed by atoms with Gasteiger partial charge in [0.1, 0.15) is 5.82 Å². The molecule has 1 aliphatic rings. The molecule has 17 heavy (non-hydrogen) atoms. The monoisotopic (exact) mass is 236 g/mol. The van der Waals surface area contributed by atoms with Crippen molar-refractivity contribution in [2.24, 2.45) is 5.73 Å². The topological polar surface area (TPSA) is 29.3 Å². The van der Waals surface area contributed by atoms with Crippen molar-refractivity contribution in [2.45, 2.75) is 38.3 Å². The average molecular weight is 236 g/mol. The van der Waals surface area contributed by atoms with E-state index in [4.69, 9.17) is 5.73 Å². The SMILES string of the molecule is C[C@@H](Cc1ccc(F)cc1)N1CCC[C@H]1CN. The first-order chi connectivity index (χ1) is 8.20. The molecule has 2 nitrogen and oxygen atoms in total. The van der Waals surface area contributed by atoms with Crippen molar-refractivity contribution >= 4 is 0 Å². The van der Waals surface area contributed by atoms with Gasteiger partial charge in [0.15, 0.2) is 0 Å². The van der Waals surface area contributed by atoms with Crippen LogP contribution in [0.25, 0.3) is 0 Å². The van der Waals surface area contributed by atoms with Crippen LogP contribution in [-0.4, -0.2) is 30.1 Å². The van der Waals surface area contributed by atoms with Crippen LogP contribution in [-0.2, 0) is 6.42 Å². The second-order valence-electron chi connectivity index (χ2n) is 4.95. The molecule has 1 saturated heterocycles. The van der Waals surface area contributed by atoms with Crippen LogP contribution in [0.3, 0.4) is 0 Å². The van der Waals surface area contributed by atoms with E-state index in [9.17, 15) is 4.39 Å². The lowest BCUT2D eigenvalue weighted by molar-refractivity contribution is 0.194. The first kappa shape index (κ1) is 12.5. The van der Waals surface area contributed by atoms with Crippen LogP contribution < -0.4 is 5.73 Å². The standard InChI is InChI=1S/C14H21FN2/c1-11(17-8-2-3-14(17)10-16)9-12-4-6-13(15)7-5-12/h4-7,11,14H,2-3,8-10,16H2,1H3/t11-,14-/m0/s1. The predicted octanol–water partition coefficient (Wildman–Crippen LogP) is 2.18. The highest BCUT2D eigenvalue weighted by atomic mass is 19.1. The smallest absolute Gasteiger partial charge is 0.123 e. The Bertz CT molecular complexity index is 350. The zero-order valence-corrected chi connectivity index (χ0v) is 10.4. The Hall–Kier alpha value is -0.930. The second-order valence-corrected chi connectivity index (χ2v) is 4.95. The largest absolute Gasteiger partial charge is 0.329 e. The van der Waals surface area contributed by atoms with Crippen molar-refractivity contribution in [3.63, 3.8) is 0 Å². The molecule has 1 aromatic rings. The van der Waals surface area contributed by atoms with Gasteiger partial charge >= 0.3 is 0 Å². The zero-order chi connectivity index (χ0) is 12.3. The molecule has 1 heterocycles. The number of hydrogen-bond acceptors (Lipinski definition) is 2. The molecule has 1 fully saturated rings. The molecule has 2 atom stereocenters. The van der Waals surface area contributed by atoms with Gasteiger partial charge in [-0.25, -0.2) is 4.39 Å². The van der Waals surface area contributed by atoms with Crippen LogP contribution in [0.2, 0.25) is 0 Å². The summed E-state index contributed by atoms with van der Waals surface area (Å²) in [6.07, 6.45) is 3.43. The molecule has 1 aromatic carbocycles. The molecule has 0 bridgehead atoms. The van der Waals surface area contributed by atoms with E-state index in [1.54, 1.807) is 0 Å². The number of hydrogen-bond donors (Lipinski definition) is 1. The van der Waals surface area contributed by atoms with Crippen LogP contribution in [0.5, 0.6) is 0 Å². The third kappa shape index (κ3) is 3.05. The number of likely N-dealkylation sites (tertiary alicyclic amines) is 1. The van der Waals surface area contributed by atoms with E-state index in [2.05, 4.69) is 11.8 Å². The third-order valence-corrected chi connectivity index (χ3v) is 3.71. The Kier molecular flexibility index (Phi) is 4.13. The molecule has 94 valence electrons. The van der Waals surface area contributed by atoms with Crippen LogP contribution in [0.15, 0.2) is 24.3 Å². The third-order valence-electron chi connectivity index (χ3n) is 3.71. The predicted molar refractivity (Wildman–Crippen MR) is 68.3 cm³/mol. The summed E-state index contributed by atoms with van der Waals surface area (Å²) in [5.74, 6) is -0.164. The number of halogens is 1. The molecule has 0 aromatic heterocycles. The molecular formula is C14H21FN2. The summed E-state index contributed by atoms with van der Waals surface area (Å²) < 4.78 is 12.8. The van der Waals surface area contributed by atoms with Crippen LogP contribution >= 0.6 is 0 Å². The summed E-state index contributed by atoms with van der Waals surface area (Å²) in [5.41, 5.74) is 6.98. The first-order valence-electron chi connectivity index (χ1n) is 6.41. The van der Waals surface area contributed by atoms with Crippen molar-refractivity contribution < 1.29 is 4.39 Å². The van der Waals surface area contributed by atoms with Crippen LogP contribution in [0.1, 0.15) is 25.3 Å². The quantitative estimate of drug-likeness (QED) is 0.868. The molecular weight excluding hydrogens is 215 g/mol. The first-order valence-corrected chi connectivity index (χ1v) is 6.41. The number of nitrogens with two attached hydrogens (primary N) is 1. The minimum Gasteiger partial charge on any atom is -0.329 e. The Labute approximate surface area is 103 Å². The van der Waals surface area contributed by atoms with Crippen molar-refractivity contribution in [2.75, 3.05) is 13.1 Å². The summed E-state index contributed by atoms with van der Waals surface area (Å²) in [6.45, 7) is 4.12.